The molecule has 0 aliphatic heterocycles. The van der Waals surface area contributed by atoms with E-state index >= 15 is 0 Å². The van der Waals surface area contributed by atoms with Crippen molar-refractivity contribution in [3.63, 3.8) is 0 Å². The normalized spacial score (nSPS) is 11.6. The van der Waals surface area contributed by atoms with Gasteiger partial charge in [0.2, 0.25) is 21.8 Å². The van der Waals surface area contributed by atoms with Crippen LogP contribution < -0.4 is 14.2 Å². The van der Waals surface area contributed by atoms with Crippen LogP contribution in [0.5, 0.6) is 17.4 Å². The Bertz CT molecular complexity index is 1920. The van der Waals surface area contributed by atoms with Crippen LogP contribution in [0.4, 0.5) is 4.39 Å². The molecule has 11 heteroatoms. The second-order valence-electron chi connectivity index (χ2n) is 9.72. The Labute approximate surface area is 242 Å². The fourth-order valence-corrected chi connectivity index (χ4v) is 6.20. The summed E-state index contributed by atoms with van der Waals surface area (Å²) in [5, 5.41) is 13.2. The van der Waals surface area contributed by atoms with Crippen LogP contribution in [-0.2, 0) is 27.0 Å². The zero-order chi connectivity index (χ0) is 30.0. The highest BCUT2D eigenvalue weighted by Crippen LogP contribution is 2.49. The van der Waals surface area contributed by atoms with Gasteiger partial charge in [-0.2, -0.15) is 0 Å². The van der Waals surface area contributed by atoms with E-state index in [9.17, 15) is 22.7 Å². The number of aromatic nitrogens is 2. The molecule has 0 saturated heterocycles. The van der Waals surface area contributed by atoms with Gasteiger partial charge in [-0.25, -0.2) is 12.8 Å². The summed E-state index contributed by atoms with van der Waals surface area (Å²) >= 11 is 0. The standard InChI is InChI=1S/C31H30FN3O6S/c1-4-40-30-22-10-8-14-33-27(22)26-25(29(30)37)28(34-31(26)41-5-2)21-13-12-19(15-18(21)3)17-42(38,39)35-24(36)16-20-9-6-7-11-23(20)32/h6-15,34,37H,4-5,16-17H2,1-3H3,(H,35,36). The summed E-state index contributed by atoms with van der Waals surface area (Å²) in [7, 11) is -4.06. The maximum absolute atomic E-state index is 13.9. The average molecular weight is 592 g/mol. The molecule has 0 fully saturated rings. The van der Waals surface area contributed by atoms with E-state index in [0.29, 0.717) is 68.9 Å². The van der Waals surface area contributed by atoms with Gasteiger partial charge in [0.05, 0.1) is 47.4 Å². The van der Waals surface area contributed by atoms with Gasteiger partial charge in [0.25, 0.3) is 0 Å². The Hall–Kier alpha value is -4.64. The Morgan fingerprint density at radius 1 is 1.05 bits per heavy atom. The predicted molar refractivity (Wildman–Crippen MR) is 159 cm³/mol. The zero-order valence-corrected chi connectivity index (χ0v) is 24.1. The van der Waals surface area contributed by atoms with Gasteiger partial charge in [0.15, 0.2) is 11.5 Å². The topological polar surface area (TPSA) is 131 Å². The summed E-state index contributed by atoms with van der Waals surface area (Å²) in [6.07, 6.45) is 1.26. The second-order valence-corrected chi connectivity index (χ2v) is 11.4. The molecule has 0 bridgehead atoms. The molecule has 42 heavy (non-hydrogen) atoms. The smallest absolute Gasteiger partial charge is 0.239 e. The van der Waals surface area contributed by atoms with Crippen molar-refractivity contribution >= 4 is 37.6 Å². The number of phenols is 1. The van der Waals surface area contributed by atoms with Crippen LogP contribution in [-0.4, -0.2) is 42.6 Å². The molecule has 5 rings (SSSR count). The quantitative estimate of drug-likeness (QED) is 0.195. The number of carbonyl (C=O) groups is 1. The predicted octanol–water partition coefficient (Wildman–Crippen LogP) is 5.52. The highest BCUT2D eigenvalue weighted by Gasteiger charge is 2.26. The highest BCUT2D eigenvalue weighted by molar-refractivity contribution is 7.89. The lowest BCUT2D eigenvalue weighted by Gasteiger charge is -2.13. The first-order valence-electron chi connectivity index (χ1n) is 13.4. The van der Waals surface area contributed by atoms with Crippen molar-refractivity contribution in [2.45, 2.75) is 32.9 Å². The SMILES string of the molecule is CCOc1c(O)c2c(-c3ccc(CS(=O)(=O)NC(=O)Cc4ccccc4F)cc3C)[nH]c(OCC)c2c2ncccc12. The number of sulfonamides is 1. The van der Waals surface area contributed by atoms with Crippen LogP contribution >= 0.6 is 0 Å². The van der Waals surface area contributed by atoms with E-state index in [2.05, 4.69) is 9.97 Å². The Kier molecular flexibility index (Phi) is 8.04. The number of amides is 1. The third kappa shape index (κ3) is 5.60. The number of hydrogen-bond acceptors (Lipinski definition) is 7. The molecule has 0 aliphatic rings. The molecule has 0 atom stereocenters. The van der Waals surface area contributed by atoms with Gasteiger partial charge in [-0.3, -0.25) is 14.5 Å². The molecule has 3 aromatic carbocycles. The lowest BCUT2D eigenvalue weighted by atomic mass is 9.98. The number of carbonyl (C=O) groups excluding carboxylic acids is 1. The first-order chi connectivity index (χ1) is 20.1. The summed E-state index contributed by atoms with van der Waals surface area (Å²) in [5.41, 5.74) is 3.12. The number of fused-ring (bicyclic) bond motifs is 3. The molecule has 1 amide bonds. The van der Waals surface area contributed by atoms with Crippen molar-refractivity contribution in [1.29, 1.82) is 0 Å². The molecule has 9 nitrogen and oxygen atoms in total. The maximum atomic E-state index is 13.9. The molecule has 0 radical (unpaired) electrons. The lowest BCUT2D eigenvalue weighted by Crippen LogP contribution is -2.33. The number of H-pyrrole nitrogens is 1. The fourth-order valence-electron chi connectivity index (χ4n) is 5.09. The Balaban J connectivity index is 1.50. The van der Waals surface area contributed by atoms with E-state index in [-0.39, 0.29) is 11.3 Å². The number of phenolic OH excluding ortho intramolecular Hbond substituents is 1. The molecule has 218 valence electrons. The van der Waals surface area contributed by atoms with Crippen molar-refractivity contribution in [3.05, 3.63) is 83.3 Å². The first kappa shape index (κ1) is 28.9. The highest BCUT2D eigenvalue weighted by atomic mass is 32.2. The second kappa shape index (κ2) is 11.7. The van der Waals surface area contributed by atoms with Crippen LogP contribution in [0.15, 0.2) is 60.8 Å². The number of aryl methyl sites for hydroxylation is 1. The van der Waals surface area contributed by atoms with E-state index in [1.807, 2.05) is 31.6 Å². The van der Waals surface area contributed by atoms with E-state index in [1.165, 1.54) is 18.2 Å². The van der Waals surface area contributed by atoms with Crippen LogP contribution in [0.1, 0.15) is 30.5 Å². The fraction of sp³-hybridized carbons (Fsp3) is 0.226. The number of rotatable bonds is 10. The number of hydrogen-bond donors (Lipinski definition) is 3. The third-order valence-electron chi connectivity index (χ3n) is 6.78. The van der Waals surface area contributed by atoms with E-state index in [4.69, 9.17) is 9.47 Å². The first-order valence-corrected chi connectivity index (χ1v) is 15.1. The number of ether oxygens (including phenoxy) is 2. The van der Waals surface area contributed by atoms with Gasteiger partial charge in [-0.1, -0.05) is 36.4 Å². The summed E-state index contributed by atoms with van der Waals surface area (Å²) < 4.78 is 53.2. The number of benzene rings is 3. The van der Waals surface area contributed by atoms with Gasteiger partial charge < -0.3 is 19.6 Å². The minimum Gasteiger partial charge on any atom is -0.504 e. The minimum atomic E-state index is -4.06. The number of aromatic amines is 1. The molecular weight excluding hydrogens is 561 g/mol. The van der Waals surface area contributed by atoms with Gasteiger partial charge in [0.1, 0.15) is 5.82 Å². The van der Waals surface area contributed by atoms with Crippen molar-refractivity contribution < 1.29 is 32.2 Å². The van der Waals surface area contributed by atoms with Crippen molar-refractivity contribution in [1.82, 2.24) is 14.7 Å². The van der Waals surface area contributed by atoms with Gasteiger partial charge in [-0.05, 0) is 55.7 Å². The monoisotopic (exact) mass is 591 g/mol. The molecule has 0 saturated carbocycles. The average Bonchev–Trinajstić information content (AvgIpc) is 3.31. The molecule has 0 unspecified atom stereocenters. The van der Waals surface area contributed by atoms with E-state index in [1.54, 1.807) is 36.5 Å². The van der Waals surface area contributed by atoms with Gasteiger partial charge in [-0.15, -0.1) is 0 Å². The van der Waals surface area contributed by atoms with E-state index < -0.39 is 33.9 Å². The summed E-state index contributed by atoms with van der Waals surface area (Å²) in [4.78, 5) is 20.2. The number of aromatic hydroxyl groups is 1. The number of nitrogens with one attached hydrogen (secondary N) is 2. The lowest BCUT2D eigenvalue weighted by molar-refractivity contribution is -0.118. The van der Waals surface area contributed by atoms with Crippen molar-refractivity contribution in [2.75, 3.05) is 13.2 Å². The largest absolute Gasteiger partial charge is 0.504 e. The molecule has 5 aromatic rings. The molecule has 2 aromatic heterocycles. The molecule has 2 heterocycles. The van der Waals surface area contributed by atoms with Crippen LogP contribution in [0.2, 0.25) is 0 Å². The Morgan fingerprint density at radius 2 is 1.81 bits per heavy atom. The van der Waals surface area contributed by atoms with Crippen LogP contribution in [0, 0.1) is 12.7 Å². The van der Waals surface area contributed by atoms with E-state index in [0.717, 1.165) is 0 Å². The van der Waals surface area contributed by atoms with Crippen LogP contribution in [0.3, 0.4) is 0 Å². The summed E-state index contributed by atoms with van der Waals surface area (Å²) in [6, 6.07) is 14.4. The van der Waals surface area contributed by atoms with Crippen molar-refractivity contribution in [2.24, 2.45) is 0 Å². The molecular formula is C31H30FN3O6S. The minimum absolute atomic E-state index is 0.0619. The summed E-state index contributed by atoms with van der Waals surface area (Å²) in [5.74, 6) is -1.18. The molecule has 3 N–H and O–H groups in total. The number of pyridine rings is 1. The molecule has 0 spiro atoms. The summed E-state index contributed by atoms with van der Waals surface area (Å²) in [6.45, 7) is 6.20. The van der Waals surface area contributed by atoms with Gasteiger partial charge in [0, 0.05) is 17.1 Å². The number of nitrogens with zero attached hydrogens (tertiary/aromatic N) is 1. The Morgan fingerprint density at radius 3 is 2.52 bits per heavy atom. The van der Waals surface area contributed by atoms with Gasteiger partial charge >= 0.3 is 0 Å². The third-order valence-corrected chi connectivity index (χ3v) is 8.03. The zero-order valence-electron chi connectivity index (χ0n) is 23.3. The van der Waals surface area contributed by atoms with Crippen molar-refractivity contribution in [3.8, 4) is 28.6 Å². The number of halogens is 1. The molecule has 0 aliphatic carbocycles. The maximum Gasteiger partial charge on any atom is 0.239 e. The van der Waals surface area contributed by atoms with Crippen LogP contribution in [0.25, 0.3) is 32.9 Å².